The summed E-state index contributed by atoms with van der Waals surface area (Å²) in [6, 6.07) is 0. The third kappa shape index (κ3) is 86.1. The zero-order chi connectivity index (χ0) is 4.50. The van der Waals surface area contributed by atoms with Crippen molar-refractivity contribution in [2.75, 3.05) is 0 Å². The van der Waals surface area contributed by atoms with Crippen LogP contribution in [0, 0.1) is 0 Å². The van der Waals surface area contributed by atoms with Crippen molar-refractivity contribution in [3.63, 3.8) is 0 Å². The molecule has 0 saturated heterocycles. The molecule has 0 spiro atoms. The fourth-order valence-electron chi connectivity index (χ4n) is 0. The van der Waals surface area contributed by atoms with Crippen molar-refractivity contribution in [2.45, 2.75) is 0 Å². The van der Waals surface area contributed by atoms with Crippen LogP contribution in [-0.2, 0) is 4.57 Å². The van der Waals surface area contributed by atoms with Gasteiger partial charge in [0.15, 0.2) is 17.4 Å². The molecule has 0 amide bonds. The first kappa shape index (κ1) is 22.5. The van der Waals surface area contributed by atoms with Crippen LogP contribution < -0.4 is 0 Å². The maximum atomic E-state index is 8.88. The van der Waals surface area contributed by atoms with Crippen molar-refractivity contribution in [2.24, 2.45) is 0 Å². The summed E-state index contributed by atoms with van der Waals surface area (Å²) in [5.74, 6) is 0. The quantitative estimate of drug-likeness (QED) is 0.255. The molecule has 0 fully saturated rings. The van der Waals surface area contributed by atoms with Crippen LogP contribution in [0.3, 0.4) is 0 Å². The summed E-state index contributed by atoms with van der Waals surface area (Å²) < 4.78 is 8.88. The Hall–Kier alpha value is 2.24. The molecule has 8 heavy (non-hydrogen) atoms. The van der Waals surface area contributed by atoms with E-state index >= 15 is 0 Å². The van der Waals surface area contributed by atoms with Crippen LogP contribution in [0.5, 0.6) is 0 Å². The van der Waals surface area contributed by atoms with Gasteiger partial charge >= 0.3 is 56.2 Å². The summed E-state index contributed by atoms with van der Waals surface area (Å²) in [5, 5.41) is 0. The van der Waals surface area contributed by atoms with Crippen LogP contribution in [0.25, 0.3) is 0 Å². The van der Waals surface area contributed by atoms with E-state index in [9.17, 15) is 0 Å². The second-order valence-corrected chi connectivity index (χ2v) is 1.54. The molecule has 0 aliphatic carbocycles. The minimum absolute atomic E-state index is 0. The third-order valence-corrected chi connectivity index (χ3v) is 0. The molecular weight excluding hydrogens is 152 g/mol. The molecule has 3 N–H and O–H groups in total. The SMILES string of the molecule is O=P(O)(O)O.[AlH3].[LiH].[NaH]. The summed E-state index contributed by atoms with van der Waals surface area (Å²) in [7, 11) is -4.64. The van der Waals surface area contributed by atoms with Crippen molar-refractivity contribution in [3.05, 3.63) is 0 Å². The normalized spacial score (nSPS) is 7.38. The number of hydrogen-bond acceptors (Lipinski definition) is 1. The van der Waals surface area contributed by atoms with Gasteiger partial charge in [0.1, 0.15) is 0 Å². The first-order valence-electron chi connectivity index (χ1n) is 0.783. The Kier molecular flexibility index (Phi) is 25.9. The van der Waals surface area contributed by atoms with Crippen LogP contribution in [0.4, 0.5) is 0 Å². The molecule has 0 aromatic rings. The summed E-state index contributed by atoms with van der Waals surface area (Å²) in [6.45, 7) is 0. The van der Waals surface area contributed by atoms with Gasteiger partial charge in [0.25, 0.3) is 0 Å². The Morgan fingerprint density at radius 1 is 1.12 bits per heavy atom. The predicted octanol–water partition coefficient (Wildman–Crippen LogP) is -3.41. The number of phosphoric acid groups is 1. The Balaban J connectivity index is -0.0000000267. The minimum atomic E-state index is -4.64. The van der Waals surface area contributed by atoms with E-state index in [4.69, 9.17) is 19.2 Å². The topological polar surface area (TPSA) is 77.8 Å². The summed E-state index contributed by atoms with van der Waals surface area (Å²) in [6.07, 6.45) is 0. The zero-order valence-electron chi connectivity index (χ0n) is 2.20. The van der Waals surface area contributed by atoms with Gasteiger partial charge in [-0.1, -0.05) is 0 Å². The van der Waals surface area contributed by atoms with E-state index in [-0.39, 0.29) is 65.8 Å². The van der Waals surface area contributed by atoms with Gasteiger partial charge in [-0.15, -0.1) is 0 Å². The predicted molar refractivity (Wildman–Crippen MR) is 38.5 cm³/mol. The van der Waals surface area contributed by atoms with E-state index in [1.807, 2.05) is 0 Å². The molecule has 42 valence electrons. The van der Waals surface area contributed by atoms with Gasteiger partial charge in [-0.05, 0) is 0 Å². The van der Waals surface area contributed by atoms with E-state index < -0.39 is 7.82 Å². The number of rotatable bonds is 0. The van der Waals surface area contributed by atoms with Crippen molar-refractivity contribution in [1.29, 1.82) is 0 Å². The Morgan fingerprint density at radius 3 is 1.12 bits per heavy atom. The number of hydrogen-bond donors (Lipinski definition) is 3. The van der Waals surface area contributed by atoms with Crippen LogP contribution in [0.1, 0.15) is 0 Å². The van der Waals surface area contributed by atoms with Gasteiger partial charge in [-0.2, -0.15) is 0 Å². The van der Waals surface area contributed by atoms with E-state index in [2.05, 4.69) is 0 Å². The average molecular weight is 160 g/mol. The van der Waals surface area contributed by atoms with Crippen LogP contribution in [0.15, 0.2) is 0 Å². The van der Waals surface area contributed by atoms with Gasteiger partial charge in [0, 0.05) is 0 Å². The molecule has 0 aliphatic heterocycles. The fraction of sp³-hybridized carbons (Fsp3) is 0. The monoisotopic (exact) mass is 160 g/mol. The molecule has 0 aliphatic rings. The average Bonchev–Trinajstić information content (AvgIpc) is 0.722. The van der Waals surface area contributed by atoms with Crippen LogP contribution in [-0.4, -0.2) is 80.5 Å². The molecule has 0 heterocycles. The second-order valence-electron chi connectivity index (χ2n) is 0.513. The first-order valence-corrected chi connectivity index (χ1v) is 2.35. The maximum absolute atomic E-state index is 8.88. The van der Waals surface area contributed by atoms with E-state index in [1.54, 1.807) is 0 Å². The van der Waals surface area contributed by atoms with Crippen molar-refractivity contribution >= 4 is 73.6 Å². The van der Waals surface area contributed by atoms with Gasteiger partial charge < -0.3 is 14.7 Å². The molecule has 0 rings (SSSR count). The van der Waals surface area contributed by atoms with E-state index in [0.717, 1.165) is 0 Å². The zero-order valence-corrected chi connectivity index (χ0v) is 3.09. The van der Waals surface area contributed by atoms with Gasteiger partial charge in [-0.25, -0.2) is 4.57 Å². The molecule has 0 bridgehead atoms. The van der Waals surface area contributed by atoms with Gasteiger partial charge in [0.2, 0.25) is 0 Å². The molecule has 0 aromatic carbocycles. The van der Waals surface area contributed by atoms with E-state index in [1.165, 1.54) is 0 Å². The van der Waals surface area contributed by atoms with E-state index in [0.29, 0.717) is 0 Å². The van der Waals surface area contributed by atoms with Crippen molar-refractivity contribution in [3.8, 4) is 0 Å². The van der Waals surface area contributed by atoms with Gasteiger partial charge in [-0.3, -0.25) is 0 Å². The molecule has 8 heteroatoms. The molecule has 0 aromatic heterocycles. The molecule has 0 atom stereocenters. The molecule has 0 saturated carbocycles. The van der Waals surface area contributed by atoms with Crippen LogP contribution >= 0.6 is 7.82 Å². The van der Waals surface area contributed by atoms with Crippen molar-refractivity contribution < 1.29 is 19.2 Å². The Morgan fingerprint density at radius 2 is 1.12 bits per heavy atom. The summed E-state index contributed by atoms with van der Waals surface area (Å²) in [5.41, 5.74) is 0. The van der Waals surface area contributed by atoms with Crippen molar-refractivity contribution in [1.82, 2.24) is 0 Å². The molecule has 4 nitrogen and oxygen atoms in total. The summed E-state index contributed by atoms with van der Waals surface area (Å²) >= 11 is 0. The van der Waals surface area contributed by atoms with Gasteiger partial charge in [0.05, 0.1) is 0 Å². The molecular formula is H8AlLiNaO4P. The van der Waals surface area contributed by atoms with Crippen LogP contribution in [0.2, 0.25) is 0 Å². The second kappa shape index (κ2) is 9.24. The summed E-state index contributed by atoms with van der Waals surface area (Å²) in [4.78, 5) is 21.6. The molecule has 0 radical (unpaired) electrons. The molecule has 0 unspecified atom stereocenters. The first-order chi connectivity index (χ1) is 2.00. The Labute approximate surface area is 91.9 Å². The fourth-order valence-corrected chi connectivity index (χ4v) is 0. The Bertz CT molecular complexity index is 62.2. The third-order valence-electron chi connectivity index (χ3n) is 0. The standard InChI is InChI=1S/Al.Li.Na.H3O4P.5H/c;;;1-5(2,3)4;;;;;/h;;;(H3,1,2,3,4);;;;;.